The number of hydrogen-bond donors (Lipinski definition) is 1. The lowest BCUT2D eigenvalue weighted by molar-refractivity contribution is -0.0187. The number of rotatable bonds is 3. The van der Waals surface area contributed by atoms with E-state index in [2.05, 4.69) is 72.0 Å². The van der Waals surface area contributed by atoms with Gasteiger partial charge in [0.15, 0.2) is 0 Å². The maximum Gasteiger partial charge on any atom is 0.125 e. The molecule has 138 valence electrons. The van der Waals surface area contributed by atoms with Crippen LogP contribution in [0.4, 0.5) is 0 Å². The second kappa shape index (κ2) is 7.01. The molecule has 1 saturated carbocycles. The van der Waals surface area contributed by atoms with E-state index in [1.807, 2.05) is 0 Å². The summed E-state index contributed by atoms with van der Waals surface area (Å²) in [5, 5.41) is 6.57. The van der Waals surface area contributed by atoms with Crippen LogP contribution in [0.25, 0.3) is 10.8 Å². The van der Waals surface area contributed by atoms with Gasteiger partial charge in [-0.2, -0.15) is 0 Å². The second-order valence-corrected chi connectivity index (χ2v) is 8.11. The van der Waals surface area contributed by atoms with Crippen molar-refractivity contribution in [1.82, 2.24) is 5.32 Å². The molecule has 3 aromatic carbocycles. The summed E-state index contributed by atoms with van der Waals surface area (Å²) in [6.45, 7) is 0.888. The molecule has 3 aromatic rings. The van der Waals surface area contributed by atoms with Crippen LogP contribution in [-0.2, 0) is 13.0 Å². The van der Waals surface area contributed by atoms with Crippen molar-refractivity contribution in [2.75, 3.05) is 0 Å². The van der Waals surface area contributed by atoms with Crippen LogP contribution in [-0.4, -0.2) is 11.6 Å². The predicted molar refractivity (Wildman–Crippen MR) is 111 cm³/mol. The molecule has 0 saturated heterocycles. The molecule has 2 nitrogen and oxygen atoms in total. The summed E-state index contributed by atoms with van der Waals surface area (Å²) >= 11 is 0. The topological polar surface area (TPSA) is 21.3 Å². The summed E-state index contributed by atoms with van der Waals surface area (Å²) in [5.74, 6) is 1.10. The first kappa shape index (κ1) is 16.8. The van der Waals surface area contributed by atoms with Gasteiger partial charge in [0.1, 0.15) is 11.4 Å². The molecule has 0 bridgehead atoms. The normalized spacial score (nSPS) is 21.0. The van der Waals surface area contributed by atoms with Gasteiger partial charge in [-0.25, -0.2) is 0 Å². The van der Waals surface area contributed by atoms with E-state index in [9.17, 15) is 0 Å². The summed E-state index contributed by atoms with van der Waals surface area (Å²) in [6.07, 6.45) is 7.26. The molecule has 1 N–H and O–H groups in total. The van der Waals surface area contributed by atoms with Gasteiger partial charge in [0, 0.05) is 6.54 Å². The Morgan fingerprint density at radius 2 is 1.63 bits per heavy atom. The Labute approximate surface area is 161 Å². The summed E-state index contributed by atoms with van der Waals surface area (Å²) in [6, 6.07) is 24.2. The highest BCUT2D eigenvalue weighted by atomic mass is 16.5. The molecule has 5 rings (SSSR count). The van der Waals surface area contributed by atoms with Crippen molar-refractivity contribution < 1.29 is 4.74 Å². The molecule has 27 heavy (non-hydrogen) atoms. The Morgan fingerprint density at radius 1 is 0.852 bits per heavy atom. The molecule has 2 aliphatic rings. The summed E-state index contributed by atoms with van der Waals surface area (Å²) in [5.41, 5.74) is 2.67. The van der Waals surface area contributed by atoms with Crippen molar-refractivity contribution >= 4 is 10.8 Å². The first-order chi connectivity index (χ1) is 13.3. The average Bonchev–Trinajstić information content (AvgIpc) is 2.73. The molecular formula is C25H27NO. The van der Waals surface area contributed by atoms with E-state index in [1.165, 1.54) is 41.2 Å². The van der Waals surface area contributed by atoms with Crippen molar-refractivity contribution in [3.05, 3.63) is 77.9 Å². The van der Waals surface area contributed by atoms with Crippen molar-refractivity contribution in [3.8, 4) is 5.75 Å². The smallest absolute Gasteiger partial charge is 0.125 e. The van der Waals surface area contributed by atoms with Gasteiger partial charge in [0.2, 0.25) is 0 Å². The Balaban J connectivity index is 1.43. The second-order valence-electron chi connectivity index (χ2n) is 8.11. The average molecular weight is 357 g/mol. The maximum atomic E-state index is 6.69. The van der Waals surface area contributed by atoms with Crippen LogP contribution in [0.3, 0.4) is 0 Å². The molecule has 1 spiro atoms. The number of nitrogens with one attached hydrogen (secondary N) is 1. The third-order valence-electron chi connectivity index (χ3n) is 6.46. The van der Waals surface area contributed by atoms with Crippen molar-refractivity contribution in [2.45, 2.75) is 56.7 Å². The number of benzene rings is 3. The lowest BCUT2D eigenvalue weighted by Gasteiger charge is -2.47. The summed E-state index contributed by atoms with van der Waals surface area (Å²) < 4.78 is 6.69. The van der Waals surface area contributed by atoms with Gasteiger partial charge in [-0.3, -0.25) is 0 Å². The minimum absolute atomic E-state index is 0.0445. The van der Waals surface area contributed by atoms with Gasteiger partial charge >= 0.3 is 0 Å². The van der Waals surface area contributed by atoms with Crippen LogP contribution in [0.15, 0.2) is 66.7 Å². The van der Waals surface area contributed by atoms with Crippen LogP contribution < -0.4 is 10.1 Å². The Kier molecular flexibility index (Phi) is 4.37. The van der Waals surface area contributed by atoms with E-state index < -0.39 is 0 Å². The van der Waals surface area contributed by atoms with E-state index in [1.54, 1.807) is 0 Å². The molecule has 1 fully saturated rings. The summed E-state index contributed by atoms with van der Waals surface area (Å²) in [7, 11) is 0. The monoisotopic (exact) mass is 357 g/mol. The quantitative estimate of drug-likeness (QED) is 0.655. The van der Waals surface area contributed by atoms with Gasteiger partial charge < -0.3 is 10.1 Å². The zero-order valence-corrected chi connectivity index (χ0v) is 15.8. The first-order valence-electron chi connectivity index (χ1n) is 10.3. The van der Waals surface area contributed by atoms with E-state index in [0.29, 0.717) is 6.04 Å². The minimum Gasteiger partial charge on any atom is -0.485 e. The fourth-order valence-corrected chi connectivity index (χ4v) is 5.01. The molecule has 1 heterocycles. The number of ether oxygens (including phenoxy) is 1. The minimum atomic E-state index is -0.0445. The van der Waals surface area contributed by atoms with Gasteiger partial charge in [-0.05, 0) is 60.1 Å². The van der Waals surface area contributed by atoms with Crippen molar-refractivity contribution in [1.29, 1.82) is 0 Å². The lowest BCUT2D eigenvalue weighted by Crippen LogP contribution is -2.58. The van der Waals surface area contributed by atoms with Crippen molar-refractivity contribution in [2.24, 2.45) is 0 Å². The molecular weight excluding hydrogens is 330 g/mol. The first-order valence-corrected chi connectivity index (χ1v) is 10.3. The SMILES string of the molecule is c1ccc2c(c1)CC(NCc1cccc3ccccc13)C1(CCCCC1)O2. The van der Waals surface area contributed by atoms with Crippen LogP contribution in [0, 0.1) is 0 Å². The predicted octanol–water partition coefficient (Wildman–Crippen LogP) is 5.64. The van der Waals surface area contributed by atoms with Crippen LogP contribution in [0.2, 0.25) is 0 Å². The number of fused-ring (bicyclic) bond motifs is 2. The molecule has 0 aromatic heterocycles. The molecule has 1 atom stereocenters. The molecule has 1 aliphatic carbocycles. The number of hydrogen-bond acceptors (Lipinski definition) is 2. The standard InChI is InChI=1S/C25H27NO/c1-6-15-25(16-7-1)24(17-20-10-3-5-14-23(20)27-25)26-18-21-12-8-11-19-9-2-4-13-22(19)21/h2-5,8-14,24,26H,1,6-7,15-18H2. The Hall–Kier alpha value is -2.32. The highest BCUT2D eigenvalue weighted by molar-refractivity contribution is 5.85. The molecule has 0 radical (unpaired) electrons. The van der Waals surface area contributed by atoms with E-state index >= 15 is 0 Å². The zero-order valence-electron chi connectivity index (χ0n) is 15.8. The molecule has 1 aliphatic heterocycles. The molecule has 2 heteroatoms. The molecule has 1 unspecified atom stereocenters. The van der Waals surface area contributed by atoms with Crippen LogP contribution in [0.1, 0.15) is 43.2 Å². The lowest BCUT2D eigenvalue weighted by atomic mass is 9.75. The highest BCUT2D eigenvalue weighted by Crippen LogP contribution is 2.42. The maximum absolute atomic E-state index is 6.69. The fraction of sp³-hybridized carbons (Fsp3) is 0.360. The largest absolute Gasteiger partial charge is 0.485 e. The third kappa shape index (κ3) is 3.12. The van der Waals surface area contributed by atoms with Crippen molar-refractivity contribution in [3.63, 3.8) is 0 Å². The Bertz CT molecular complexity index is 936. The van der Waals surface area contributed by atoms with E-state index in [0.717, 1.165) is 31.6 Å². The van der Waals surface area contributed by atoms with Gasteiger partial charge in [0.25, 0.3) is 0 Å². The van der Waals surface area contributed by atoms with Gasteiger partial charge in [-0.15, -0.1) is 0 Å². The van der Waals surface area contributed by atoms with Gasteiger partial charge in [-0.1, -0.05) is 67.1 Å². The highest BCUT2D eigenvalue weighted by Gasteiger charge is 2.45. The summed E-state index contributed by atoms with van der Waals surface area (Å²) in [4.78, 5) is 0. The zero-order chi connectivity index (χ0) is 18.1. The van der Waals surface area contributed by atoms with E-state index in [4.69, 9.17) is 4.74 Å². The van der Waals surface area contributed by atoms with Crippen LogP contribution in [0.5, 0.6) is 5.75 Å². The van der Waals surface area contributed by atoms with Gasteiger partial charge in [0.05, 0.1) is 6.04 Å². The fourth-order valence-electron chi connectivity index (χ4n) is 5.01. The van der Waals surface area contributed by atoms with Crippen LogP contribution >= 0.6 is 0 Å². The Morgan fingerprint density at radius 3 is 2.56 bits per heavy atom. The molecule has 0 amide bonds. The third-order valence-corrected chi connectivity index (χ3v) is 6.46. The van der Waals surface area contributed by atoms with E-state index in [-0.39, 0.29) is 5.60 Å². The number of para-hydroxylation sites is 1.